The van der Waals surface area contributed by atoms with Crippen LogP contribution in [0.1, 0.15) is 18.2 Å². The van der Waals surface area contributed by atoms with E-state index in [4.69, 9.17) is 14.5 Å². The van der Waals surface area contributed by atoms with Gasteiger partial charge in [-0.1, -0.05) is 24.3 Å². The van der Waals surface area contributed by atoms with Gasteiger partial charge in [0, 0.05) is 38.0 Å². The summed E-state index contributed by atoms with van der Waals surface area (Å²) >= 11 is 0. The van der Waals surface area contributed by atoms with Gasteiger partial charge in [0.25, 0.3) is 0 Å². The standard InChI is InChI=1S/C27H30N4O4/c1-5-13-29(14-6-2)26(33)18-31-22-10-8-7-9-21(22)28-27(31)19-15-25(32)30(17-19)23-16-20(34-3)11-12-24(23)35-4/h5-12,16,19H,1-2,13-15,17-18H2,3-4H3. The Morgan fingerprint density at radius 2 is 1.89 bits per heavy atom. The highest BCUT2D eigenvalue weighted by Crippen LogP contribution is 2.39. The molecule has 1 atom stereocenters. The lowest BCUT2D eigenvalue weighted by Gasteiger charge is -2.22. The molecule has 1 aliphatic rings. The number of hydrogen-bond donors (Lipinski definition) is 0. The van der Waals surface area contributed by atoms with E-state index in [0.29, 0.717) is 36.8 Å². The summed E-state index contributed by atoms with van der Waals surface area (Å²) < 4.78 is 12.8. The maximum atomic E-state index is 13.2. The SMILES string of the molecule is C=CCN(CC=C)C(=O)Cn1c(C2CC(=O)N(c3cc(OC)ccc3OC)C2)nc2ccccc21. The summed E-state index contributed by atoms with van der Waals surface area (Å²) in [6, 6.07) is 13.1. The van der Waals surface area contributed by atoms with Crippen molar-refractivity contribution in [1.82, 2.24) is 14.5 Å². The smallest absolute Gasteiger partial charge is 0.243 e. The molecule has 1 saturated heterocycles. The number of methoxy groups -OCH3 is 2. The van der Waals surface area contributed by atoms with E-state index in [9.17, 15) is 9.59 Å². The summed E-state index contributed by atoms with van der Waals surface area (Å²) in [5.41, 5.74) is 2.30. The predicted octanol–water partition coefficient (Wildman–Crippen LogP) is 3.77. The third kappa shape index (κ3) is 4.77. The summed E-state index contributed by atoms with van der Waals surface area (Å²) in [6.45, 7) is 8.90. The van der Waals surface area contributed by atoms with E-state index >= 15 is 0 Å². The van der Waals surface area contributed by atoms with Crippen molar-refractivity contribution in [1.29, 1.82) is 0 Å². The van der Waals surface area contributed by atoms with Crippen LogP contribution >= 0.6 is 0 Å². The van der Waals surface area contributed by atoms with Crippen LogP contribution in [0.4, 0.5) is 5.69 Å². The average Bonchev–Trinajstić information content (AvgIpc) is 3.43. The van der Waals surface area contributed by atoms with E-state index < -0.39 is 0 Å². The second kappa shape index (κ2) is 10.5. The third-order valence-electron chi connectivity index (χ3n) is 6.20. The number of para-hydroxylation sites is 2. The number of anilines is 1. The van der Waals surface area contributed by atoms with E-state index in [1.54, 1.807) is 54.4 Å². The third-order valence-corrected chi connectivity index (χ3v) is 6.20. The molecule has 8 heteroatoms. The van der Waals surface area contributed by atoms with Gasteiger partial charge in [-0.3, -0.25) is 9.59 Å². The maximum Gasteiger partial charge on any atom is 0.243 e. The van der Waals surface area contributed by atoms with E-state index in [1.165, 1.54) is 0 Å². The normalized spacial score (nSPS) is 15.3. The number of imidazole rings is 1. The highest BCUT2D eigenvalue weighted by molar-refractivity contribution is 5.98. The molecule has 0 aliphatic carbocycles. The monoisotopic (exact) mass is 474 g/mol. The lowest BCUT2D eigenvalue weighted by molar-refractivity contribution is -0.130. The van der Waals surface area contributed by atoms with Crippen LogP contribution in [-0.2, 0) is 16.1 Å². The molecule has 2 amide bonds. The van der Waals surface area contributed by atoms with E-state index in [-0.39, 0.29) is 30.7 Å². The van der Waals surface area contributed by atoms with Gasteiger partial charge in [-0.15, -0.1) is 13.2 Å². The number of aromatic nitrogens is 2. The number of rotatable bonds is 10. The molecule has 1 aliphatic heterocycles. The van der Waals surface area contributed by atoms with Crippen molar-refractivity contribution in [2.45, 2.75) is 18.9 Å². The molecule has 1 aromatic heterocycles. The molecule has 0 spiro atoms. The van der Waals surface area contributed by atoms with Gasteiger partial charge < -0.3 is 23.8 Å². The van der Waals surface area contributed by atoms with Gasteiger partial charge >= 0.3 is 0 Å². The molecule has 1 unspecified atom stereocenters. The Balaban J connectivity index is 1.69. The fraction of sp³-hybridized carbons (Fsp3) is 0.296. The number of hydrogen-bond acceptors (Lipinski definition) is 5. The van der Waals surface area contributed by atoms with Gasteiger partial charge in [0.05, 0.1) is 30.9 Å². The van der Waals surface area contributed by atoms with E-state index in [0.717, 1.165) is 16.9 Å². The van der Waals surface area contributed by atoms with Gasteiger partial charge in [-0.05, 0) is 24.3 Å². The summed E-state index contributed by atoms with van der Waals surface area (Å²) in [5.74, 6) is 1.66. The molecule has 0 saturated carbocycles. The van der Waals surface area contributed by atoms with Crippen LogP contribution in [-0.4, -0.2) is 60.1 Å². The predicted molar refractivity (Wildman–Crippen MR) is 136 cm³/mol. The van der Waals surface area contributed by atoms with Gasteiger partial charge in [-0.25, -0.2) is 4.98 Å². The molecule has 2 aromatic carbocycles. The Labute approximate surface area is 205 Å². The Hall–Kier alpha value is -4.07. The van der Waals surface area contributed by atoms with Crippen molar-refractivity contribution < 1.29 is 19.1 Å². The van der Waals surface area contributed by atoms with E-state index in [2.05, 4.69) is 13.2 Å². The molecule has 2 heterocycles. The Kier molecular flexibility index (Phi) is 7.19. The number of benzene rings is 2. The molecule has 1 fully saturated rings. The molecule has 3 aromatic rings. The molecule has 8 nitrogen and oxygen atoms in total. The van der Waals surface area contributed by atoms with Crippen LogP contribution < -0.4 is 14.4 Å². The minimum Gasteiger partial charge on any atom is -0.497 e. The second-order valence-corrected chi connectivity index (χ2v) is 8.36. The van der Waals surface area contributed by atoms with Crippen LogP contribution in [0.25, 0.3) is 11.0 Å². The highest BCUT2D eigenvalue weighted by atomic mass is 16.5. The molecule has 0 radical (unpaired) electrons. The topological polar surface area (TPSA) is 76.9 Å². The number of ether oxygens (including phenoxy) is 2. The van der Waals surface area contributed by atoms with Crippen molar-refractivity contribution in [2.75, 3.05) is 38.8 Å². The molecule has 0 bridgehead atoms. The Bertz CT molecular complexity index is 1260. The first-order chi connectivity index (χ1) is 17.0. The first-order valence-corrected chi connectivity index (χ1v) is 11.5. The zero-order valence-corrected chi connectivity index (χ0v) is 20.1. The molecule has 182 valence electrons. The van der Waals surface area contributed by atoms with Gasteiger partial charge in [0.15, 0.2) is 0 Å². The first-order valence-electron chi connectivity index (χ1n) is 11.5. The number of carbonyl (C=O) groups is 2. The van der Waals surface area contributed by atoms with Crippen molar-refractivity contribution in [2.24, 2.45) is 0 Å². The number of carbonyl (C=O) groups excluding carboxylic acids is 2. The zero-order valence-electron chi connectivity index (χ0n) is 20.1. The molecule has 4 rings (SSSR count). The Morgan fingerprint density at radius 1 is 1.14 bits per heavy atom. The van der Waals surface area contributed by atoms with Crippen molar-refractivity contribution in [3.8, 4) is 11.5 Å². The van der Waals surface area contributed by atoms with Crippen LogP contribution in [0.5, 0.6) is 11.5 Å². The van der Waals surface area contributed by atoms with Crippen LogP contribution in [0.3, 0.4) is 0 Å². The quantitative estimate of drug-likeness (QED) is 0.418. The maximum absolute atomic E-state index is 13.2. The lowest BCUT2D eigenvalue weighted by Crippen LogP contribution is -2.34. The summed E-state index contributed by atoms with van der Waals surface area (Å²) in [4.78, 5) is 34.6. The van der Waals surface area contributed by atoms with Crippen LogP contribution in [0, 0.1) is 0 Å². The van der Waals surface area contributed by atoms with Crippen molar-refractivity contribution in [3.63, 3.8) is 0 Å². The van der Waals surface area contributed by atoms with Crippen LogP contribution in [0.15, 0.2) is 67.8 Å². The second-order valence-electron chi connectivity index (χ2n) is 8.36. The molecule has 0 N–H and O–H groups in total. The molecular weight excluding hydrogens is 444 g/mol. The van der Waals surface area contributed by atoms with Crippen LogP contribution in [0.2, 0.25) is 0 Å². The largest absolute Gasteiger partial charge is 0.497 e. The van der Waals surface area contributed by atoms with E-state index in [1.807, 2.05) is 28.8 Å². The fourth-order valence-corrected chi connectivity index (χ4v) is 4.52. The number of amides is 2. The first kappa shape index (κ1) is 24.1. The van der Waals surface area contributed by atoms with Gasteiger partial charge in [0.2, 0.25) is 11.8 Å². The molecular formula is C27H30N4O4. The number of nitrogens with zero attached hydrogens (tertiary/aromatic N) is 4. The Morgan fingerprint density at radius 3 is 2.57 bits per heavy atom. The number of fused-ring (bicyclic) bond motifs is 1. The minimum atomic E-state index is -0.189. The highest BCUT2D eigenvalue weighted by Gasteiger charge is 2.36. The zero-order chi connectivity index (χ0) is 24.9. The minimum absolute atomic E-state index is 0.0357. The summed E-state index contributed by atoms with van der Waals surface area (Å²) in [6.07, 6.45) is 3.67. The average molecular weight is 475 g/mol. The van der Waals surface area contributed by atoms with Crippen molar-refractivity contribution in [3.05, 3.63) is 73.6 Å². The summed E-state index contributed by atoms with van der Waals surface area (Å²) in [5, 5.41) is 0. The fourth-order valence-electron chi connectivity index (χ4n) is 4.52. The lowest BCUT2D eigenvalue weighted by atomic mass is 10.1. The molecule has 35 heavy (non-hydrogen) atoms. The van der Waals surface area contributed by atoms with Gasteiger partial charge in [0.1, 0.15) is 23.9 Å². The summed E-state index contributed by atoms with van der Waals surface area (Å²) in [7, 11) is 3.16. The van der Waals surface area contributed by atoms with Crippen molar-refractivity contribution >= 4 is 28.5 Å². The van der Waals surface area contributed by atoms with Gasteiger partial charge in [-0.2, -0.15) is 0 Å².